The molecule has 13 heavy (non-hydrogen) atoms. The normalized spacial score (nSPS) is 16.7. The van der Waals surface area contributed by atoms with Crippen molar-refractivity contribution in [3.8, 4) is 0 Å². The van der Waals surface area contributed by atoms with Gasteiger partial charge in [0.2, 0.25) is 5.28 Å². The molecule has 0 aliphatic heterocycles. The fourth-order valence-corrected chi connectivity index (χ4v) is 1.92. The minimum atomic E-state index is 0.569. The van der Waals surface area contributed by atoms with Crippen LogP contribution in [0.15, 0.2) is 18.5 Å². The maximum Gasteiger partial charge on any atom is 0.204 e. The SMILES string of the molecule is Clc1nc2cnccc2n1C1CC1. The minimum absolute atomic E-state index is 0.569. The van der Waals surface area contributed by atoms with Crippen LogP contribution in [0.1, 0.15) is 18.9 Å². The number of hydrogen-bond donors (Lipinski definition) is 0. The van der Waals surface area contributed by atoms with Crippen molar-refractivity contribution in [3.05, 3.63) is 23.7 Å². The van der Waals surface area contributed by atoms with Crippen molar-refractivity contribution in [2.75, 3.05) is 0 Å². The van der Waals surface area contributed by atoms with Crippen molar-refractivity contribution in [3.63, 3.8) is 0 Å². The second-order valence-corrected chi connectivity index (χ2v) is 3.68. The number of rotatable bonds is 1. The third-order valence-corrected chi connectivity index (χ3v) is 2.63. The second-order valence-electron chi connectivity index (χ2n) is 3.35. The van der Waals surface area contributed by atoms with Crippen LogP contribution in [0.2, 0.25) is 5.28 Å². The zero-order valence-corrected chi connectivity index (χ0v) is 7.70. The fourth-order valence-electron chi connectivity index (χ4n) is 1.60. The highest BCUT2D eigenvalue weighted by molar-refractivity contribution is 6.29. The summed E-state index contributed by atoms with van der Waals surface area (Å²) in [6, 6.07) is 2.53. The molecule has 0 unspecified atom stereocenters. The van der Waals surface area contributed by atoms with Crippen molar-refractivity contribution in [2.24, 2.45) is 0 Å². The molecule has 0 aromatic carbocycles. The number of imidazole rings is 1. The highest BCUT2D eigenvalue weighted by Gasteiger charge is 2.27. The van der Waals surface area contributed by atoms with Crippen LogP contribution in [0.3, 0.4) is 0 Å². The monoisotopic (exact) mass is 193 g/mol. The Morgan fingerprint density at radius 1 is 1.46 bits per heavy atom. The van der Waals surface area contributed by atoms with Crippen molar-refractivity contribution >= 4 is 22.6 Å². The Hall–Kier alpha value is -1.09. The zero-order chi connectivity index (χ0) is 8.84. The van der Waals surface area contributed by atoms with E-state index in [1.807, 2.05) is 6.07 Å². The van der Waals surface area contributed by atoms with Crippen molar-refractivity contribution < 1.29 is 0 Å². The van der Waals surface area contributed by atoms with Crippen LogP contribution in [0.25, 0.3) is 11.0 Å². The van der Waals surface area contributed by atoms with E-state index in [1.54, 1.807) is 12.4 Å². The molecule has 0 atom stereocenters. The highest BCUT2D eigenvalue weighted by Crippen LogP contribution is 2.39. The lowest BCUT2D eigenvalue weighted by Crippen LogP contribution is -1.92. The molecule has 1 aliphatic carbocycles. The summed E-state index contributed by atoms with van der Waals surface area (Å²) in [4.78, 5) is 8.25. The number of fused-ring (bicyclic) bond motifs is 1. The van der Waals surface area contributed by atoms with E-state index in [2.05, 4.69) is 14.5 Å². The molecule has 0 amide bonds. The molecule has 0 N–H and O–H groups in total. The van der Waals surface area contributed by atoms with Gasteiger partial charge in [-0.05, 0) is 30.5 Å². The van der Waals surface area contributed by atoms with E-state index in [0.29, 0.717) is 11.3 Å². The molecule has 2 aromatic rings. The van der Waals surface area contributed by atoms with Gasteiger partial charge in [0.1, 0.15) is 5.52 Å². The topological polar surface area (TPSA) is 30.7 Å². The third-order valence-electron chi connectivity index (χ3n) is 2.36. The van der Waals surface area contributed by atoms with Gasteiger partial charge in [-0.25, -0.2) is 4.98 Å². The van der Waals surface area contributed by atoms with E-state index < -0.39 is 0 Å². The molecule has 0 saturated heterocycles. The highest BCUT2D eigenvalue weighted by atomic mass is 35.5. The second kappa shape index (κ2) is 2.45. The van der Waals surface area contributed by atoms with Gasteiger partial charge in [-0.3, -0.25) is 4.98 Å². The van der Waals surface area contributed by atoms with Gasteiger partial charge in [0.05, 0.1) is 11.7 Å². The molecule has 1 saturated carbocycles. The van der Waals surface area contributed by atoms with E-state index >= 15 is 0 Å². The van der Waals surface area contributed by atoms with Crippen LogP contribution in [-0.4, -0.2) is 14.5 Å². The molecular weight excluding hydrogens is 186 g/mol. The van der Waals surface area contributed by atoms with Gasteiger partial charge in [-0.1, -0.05) is 0 Å². The van der Waals surface area contributed by atoms with Crippen LogP contribution in [-0.2, 0) is 0 Å². The molecule has 66 valence electrons. The van der Waals surface area contributed by atoms with Crippen LogP contribution in [0.5, 0.6) is 0 Å². The lowest BCUT2D eigenvalue weighted by atomic mass is 10.4. The molecule has 4 heteroatoms. The first-order valence-electron chi connectivity index (χ1n) is 4.34. The molecule has 0 spiro atoms. The largest absolute Gasteiger partial charge is 0.311 e. The molecule has 2 heterocycles. The Morgan fingerprint density at radius 2 is 2.31 bits per heavy atom. The van der Waals surface area contributed by atoms with E-state index in [-0.39, 0.29) is 0 Å². The first-order valence-corrected chi connectivity index (χ1v) is 4.71. The molecular formula is C9H8ClN3. The molecule has 1 fully saturated rings. The Morgan fingerprint density at radius 3 is 3.08 bits per heavy atom. The molecule has 3 nitrogen and oxygen atoms in total. The lowest BCUT2D eigenvalue weighted by molar-refractivity contribution is 0.767. The lowest BCUT2D eigenvalue weighted by Gasteiger charge is -2.00. The first kappa shape index (κ1) is 7.33. The quantitative estimate of drug-likeness (QED) is 0.697. The maximum absolute atomic E-state index is 6.03. The van der Waals surface area contributed by atoms with Gasteiger partial charge >= 0.3 is 0 Å². The summed E-state index contributed by atoms with van der Waals surface area (Å²) in [5.41, 5.74) is 1.99. The summed E-state index contributed by atoms with van der Waals surface area (Å²) in [6.07, 6.45) is 5.96. The van der Waals surface area contributed by atoms with E-state index in [1.165, 1.54) is 12.8 Å². The summed E-state index contributed by atoms with van der Waals surface area (Å²) in [5, 5.41) is 0.588. The molecule has 0 bridgehead atoms. The van der Waals surface area contributed by atoms with Gasteiger partial charge in [-0.2, -0.15) is 0 Å². The summed E-state index contributed by atoms with van der Waals surface area (Å²) >= 11 is 6.03. The van der Waals surface area contributed by atoms with Crippen LogP contribution < -0.4 is 0 Å². The van der Waals surface area contributed by atoms with Gasteiger partial charge in [0.25, 0.3) is 0 Å². The predicted octanol–water partition coefficient (Wildman–Crippen LogP) is 2.42. The molecule has 3 rings (SSSR count). The van der Waals surface area contributed by atoms with Gasteiger partial charge in [0.15, 0.2) is 0 Å². The van der Waals surface area contributed by atoms with E-state index in [9.17, 15) is 0 Å². The van der Waals surface area contributed by atoms with E-state index in [0.717, 1.165) is 11.0 Å². The van der Waals surface area contributed by atoms with Gasteiger partial charge in [-0.15, -0.1) is 0 Å². The van der Waals surface area contributed by atoms with Crippen molar-refractivity contribution in [2.45, 2.75) is 18.9 Å². The zero-order valence-electron chi connectivity index (χ0n) is 6.94. The van der Waals surface area contributed by atoms with Gasteiger partial charge in [0, 0.05) is 12.2 Å². The standard InChI is InChI=1S/C9H8ClN3/c10-9-12-7-5-11-4-3-8(7)13(9)6-1-2-6/h3-6H,1-2H2. The summed E-state index contributed by atoms with van der Waals surface area (Å²) < 4.78 is 2.10. The smallest absolute Gasteiger partial charge is 0.204 e. The maximum atomic E-state index is 6.03. The number of aromatic nitrogens is 3. The Labute approximate surface area is 80.4 Å². The summed E-state index contributed by atoms with van der Waals surface area (Å²) in [6.45, 7) is 0. The summed E-state index contributed by atoms with van der Waals surface area (Å²) in [7, 11) is 0. The molecule has 2 aromatic heterocycles. The van der Waals surface area contributed by atoms with Crippen molar-refractivity contribution in [1.82, 2.24) is 14.5 Å². The number of pyridine rings is 1. The number of halogens is 1. The Kier molecular flexibility index (Phi) is 1.38. The van der Waals surface area contributed by atoms with Crippen LogP contribution >= 0.6 is 11.6 Å². The Balaban J connectivity index is 2.35. The average Bonchev–Trinajstić information content (AvgIpc) is 2.88. The van der Waals surface area contributed by atoms with E-state index in [4.69, 9.17) is 11.6 Å². The number of hydrogen-bond acceptors (Lipinski definition) is 2. The predicted molar refractivity (Wildman–Crippen MR) is 50.8 cm³/mol. The summed E-state index contributed by atoms with van der Waals surface area (Å²) in [5.74, 6) is 0. The van der Waals surface area contributed by atoms with Crippen LogP contribution in [0, 0.1) is 0 Å². The first-order chi connectivity index (χ1) is 6.36. The van der Waals surface area contributed by atoms with Crippen molar-refractivity contribution in [1.29, 1.82) is 0 Å². The van der Waals surface area contributed by atoms with Crippen LogP contribution in [0.4, 0.5) is 0 Å². The minimum Gasteiger partial charge on any atom is -0.311 e. The average molecular weight is 194 g/mol. The molecule has 1 aliphatic rings. The third kappa shape index (κ3) is 1.04. The Bertz CT molecular complexity index is 459. The number of nitrogens with zero attached hydrogens (tertiary/aromatic N) is 3. The fraction of sp³-hybridized carbons (Fsp3) is 0.333. The molecule has 0 radical (unpaired) electrons. The van der Waals surface area contributed by atoms with Gasteiger partial charge < -0.3 is 4.57 Å².